The first-order valence-corrected chi connectivity index (χ1v) is 19.0. The second-order valence-corrected chi connectivity index (χ2v) is 14.3. The molecule has 0 bridgehead atoms. The molecule has 0 unspecified atom stereocenters. The van der Waals surface area contributed by atoms with Crippen LogP contribution in [0.15, 0.2) is 191 Å². The van der Waals surface area contributed by atoms with E-state index in [0.29, 0.717) is 17.5 Å². The summed E-state index contributed by atoms with van der Waals surface area (Å²) in [6.07, 6.45) is 0. The molecule has 266 valence electrons. The molecule has 0 fully saturated rings. The van der Waals surface area contributed by atoms with Gasteiger partial charge in [-0.3, -0.25) is 0 Å². The van der Waals surface area contributed by atoms with E-state index >= 15 is 0 Å². The van der Waals surface area contributed by atoms with Crippen molar-refractivity contribution in [3.8, 4) is 51.0 Å². The first kappa shape index (κ1) is 31.5. The van der Waals surface area contributed by atoms with Gasteiger partial charge in [0.15, 0.2) is 17.5 Å². The van der Waals surface area contributed by atoms with E-state index in [1.165, 1.54) is 10.8 Å². The molecule has 0 saturated carbocycles. The van der Waals surface area contributed by atoms with Crippen LogP contribution >= 0.6 is 0 Å². The standard InChI is InChI=1S/C51H30N4O2/c1-3-14-31(15-4-1)49-52-50(54-51(53-49)42-25-13-23-39-35-19-8-10-27-44(35)56-48(39)42)32-28-29-36-40-22-12-24-41(47(40)57-45(36)30-32)38-21-11-20-37-34-18-7-9-26-43(34)55(46(37)38)33-16-5-2-6-17-33/h1-30H. The van der Waals surface area contributed by atoms with Crippen molar-refractivity contribution in [2.75, 3.05) is 0 Å². The second kappa shape index (κ2) is 12.3. The zero-order chi connectivity index (χ0) is 37.5. The summed E-state index contributed by atoms with van der Waals surface area (Å²) < 4.78 is 15.7. The van der Waals surface area contributed by atoms with Crippen molar-refractivity contribution in [1.29, 1.82) is 0 Å². The van der Waals surface area contributed by atoms with Crippen LogP contribution in [0.3, 0.4) is 0 Å². The number of para-hydroxylation sites is 6. The van der Waals surface area contributed by atoms with Crippen LogP contribution in [-0.2, 0) is 0 Å². The molecular formula is C51H30N4O2. The molecule has 0 N–H and O–H groups in total. The SMILES string of the molecule is c1ccc(-c2nc(-c3ccc4c(c3)oc3c(-c5cccc6c7ccccc7n(-c7ccccc7)c56)cccc34)nc(-c3cccc4c3oc3ccccc34)n2)cc1. The summed E-state index contributed by atoms with van der Waals surface area (Å²) in [4.78, 5) is 15.2. The molecule has 8 aromatic carbocycles. The van der Waals surface area contributed by atoms with Crippen molar-refractivity contribution in [2.24, 2.45) is 0 Å². The van der Waals surface area contributed by atoms with Gasteiger partial charge in [-0.1, -0.05) is 140 Å². The van der Waals surface area contributed by atoms with Crippen LogP contribution in [0.1, 0.15) is 0 Å². The first-order valence-electron chi connectivity index (χ1n) is 19.0. The Bertz CT molecular complexity index is 3530. The fourth-order valence-corrected chi connectivity index (χ4v) is 8.50. The number of nitrogens with zero attached hydrogens (tertiary/aromatic N) is 4. The van der Waals surface area contributed by atoms with Gasteiger partial charge < -0.3 is 13.4 Å². The third kappa shape index (κ3) is 4.87. The maximum Gasteiger partial charge on any atom is 0.167 e. The van der Waals surface area contributed by atoms with Gasteiger partial charge in [0.05, 0.1) is 16.6 Å². The summed E-state index contributed by atoms with van der Waals surface area (Å²) in [5.74, 6) is 1.67. The van der Waals surface area contributed by atoms with Gasteiger partial charge in [0.25, 0.3) is 0 Å². The second-order valence-electron chi connectivity index (χ2n) is 14.3. The Balaban J connectivity index is 1.05. The van der Waals surface area contributed by atoms with Crippen LogP contribution in [0.2, 0.25) is 0 Å². The molecule has 0 radical (unpaired) electrons. The Labute approximate surface area is 325 Å². The Morgan fingerprint density at radius 3 is 1.72 bits per heavy atom. The predicted octanol–water partition coefficient (Wildman–Crippen LogP) is 13.4. The van der Waals surface area contributed by atoms with Crippen LogP contribution in [0, 0.1) is 0 Å². The van der Waals surface area contributed by atoms with E-state index in [0.717, 1.165) is 88.4 Å². The number of rotatable bonds is 5. The highest BCUT2D eigenvalue weighted by molar-refractivity contribution is 6.17. The van der Waals surface area contributed by atoms with Crippen molar-refractivity contribution < 1.29 is 8.83 Å². The Morgan fingerprint density at radius 1 is 0.351 bits per heavy atom. The summed E-state index contributed by atoms with van der Waals surface area (Å²) in [5, 5.41) is 6.55. The number of benzene rings is 8. The molecule has 0 spiro atoms. The van der Waals surface area contributed by atoms with E-state index in [-0.39, 0.29) is 0 Å². The molecule has 0 aliphatic rings. The van der Waals surface area contributed by atoms with Crippen LogP contribution in [0.25, 0.3) is 117 Å². The van der Waals surface area contributed by atoms with Crippen LogP contribution in [-0.4, -0.2) is 19.5 Å². The summed E-state index contributed by atoms with van der Waals surface area (Å²) in [6, 6.07) is 62.7. The van der Waals surface area contributed by atoms with Crippen molar-refractivity contribution >= 4 is 65.7 Å². The summed E-state index contributed by atoms with van der Waals surface area (Å²) in [7, 11) is 0. The molecule has 0 atom stereocenters. The Morgan fingerprint density at radius 2 is 0.912 bits per heavy atom. The lowest BCUT2D eigenvalue weighted by molar-refractivity contribution is 0.669. The quantitative estimate of drug-likeness (QED) is 0.176. The average molecular weight is 731 g/mol. The van der Waals surface area contributed by atoms with E-state index in [1.54, 1.807) is 0 Å². The van der Waals surface area contributed by atoms with Gasteiger partial charge in [-0.15, -0.1) is 0 Å². The lowest BCUT2D eigenvalue weighted by Crippen LogP contribution is -2.00. The topological polar surface area (TPSA) is 69.9 Å². The smallest absolute Gasteiger partial charge is 0.167 e. The van der Waals surface area contributed by atoms with E-state index in [4.69, 9.17) is 23.8 Å². The number of fused-ring (bicyclic) bond motifs is 9. The molecule has 4 aromatic heterocycles. The zero-order valence-corrected chi connectivity index (χ0v) is 30.4. The zero-order valence-electron chi connectivity index (χ0n) is 30.4. The fraction of sp³-hybridized carbons (Fsp3) is 0. The van der Waals surface area contributed by atoms with Crippen LogP contribution < -0.4 is 0 Å². The first-order chi connectivity index (χ1) is 28.3. The molecule has 6 heteroatoms. The highest BCUT2D eigenvalue weighted by Gasteiger charge is 2.21. The molecule has 0 saturated heterocycles. The minimum atomic E-state index is 0.539. The van der Waals surface area contributed by atoms with Crippen molar-refractivity contribution in [3.63, 3.8) is 0 Å². The molecule has 12 rings (SSSR count). The highest BCUT2D eigenvalue weighted by atomic mass is 16.3. The molecule has 0 aliphatic heterocycles. The largest absolute Gasteiger partial charge is 0.455 e. The van der Waals surface area contributed by atoms with Crippen molar-refractivity contribution in [3.05, 3.63) is 182 Å². The number of furan rings is 2. The van der Waals surface area contributed by atoms with E-state index in [9.17, 15) is 0 Å². The van der Waals surface area contributed by atoms with E-state index in [2.05, 4.69) is 126 Å². The fourth-order valence-electron chi connectivity index (χ4n) is 8.50. The van der Waals surface area contributed by atoms with Gasteiger partial charge >= 0.3 is 0 Å². The molecule has 6 nitrogen and oxygen atoms in total. The van der Waals surface area contributed by atoms with Crippen LogP contribution in [0.4, 0.5) is 0 Å². The highest BCUT2D eigenvalue weighted by Crippen LogP contribution is 2.43. The molecular weight excluding hydrogens is 701 g/mol. The minimum absolute atomic E-state index is 0.539. The van der Waals surface area contributed by atoms with Crippen molar-refractivity contribution in [1.82, 2.24) is 19.5 Å². The van der Waals surface area contributed by atoms with Crippen LogP contribution in [0.5, 0.6) is 0 Å². The molecule has 57 heavy (non-hydrogen) atoms. The maximum absolute atomic E-state index is 6.89. The Hall–Kier alpha value is -7.83. The molecule has 0 aliphatic carbocycles. The third-order valence-corrected chi connectivity index (χ3v) is 11.1. The van der Waals surface area contributed by atoms with E-state index in [1.807, 2.05) is 60.7 Å². The minimum Gasteiger partial charge on any atom is -0.455 e. The third-order valence-electron chi connectivity index (χ3n) is 11.1. The van der Waals surface area contributed by atoms with Gasteiger partial charge in [-0.05, 0) is 42.5 Å². The van der Waals surface area contributed by atoms with E-state index < -0.39 is 0 Å². The van der Waals surface area contributed by atoms with Gasteiger partial charge in [-0.2, -0.15) is 0 Å². The number of hydrogen-bond acceptors (Lipinski definition) is 5. The average Bonchev–Trinajstić information content (AvgIpc) is 3.96. The van der Waals surface area contributed by atoms with Gasteiger partial charge in [0, 0.05) is 60.3 Å². The molecule has 4 heterocycles. The normalized spacial score (nSPS) is 11.9. The van der Waals surface area contributed by atoms with Gasteiger partial charge in [0.1, 0.15) is 22.3 Å². The number of aromatic nitrogens is 4. The summed E-state index contributed by atoms with van der Waals surface area (Å²) in [5.41, 5.74) is 11.2. The van der Waals surface area contributed by atoms with Gasteiger partial charge in [-0.25, -0.2) is 15.0 Å². The molecule has 12 aromatic rings. The monoisotopic (exact) mass is 730 g/mol. The lowest BCUT2D eigenvalue weighted by Gasteiger charge is -2.12. The Kier molecular flexibility index (Phi) is 6.83. The van der Waals surface area contributed by atoms with Crippen molar-refractivity contribution in [2.45, 2.75) is 0 Å². The predicted molar refractivity (Wildman–Crippen MR) is 230 cm³/mol. The maximum atomic E-state index is 6.89. The molecule has 0 amide bonds. The summed E-state index contributed by atoms with van der Waals surface area (Å²) in [6.45, 7) is 0. The van der Waals surface area contributed by atoms with Gasteiger partial charge in [0.2, 0.25) is 0 Å². The number of hydrogen-bond donors (Lipinski definition) is 0. The summed E-state index contributed by atoms with van der Waals surface area (Å²) >= 11 is 0. The lowest BCUT2D eigenvalue weighted by atomic mass is 9.99.